The number of ether oxygens (including phenoxy) is 1. The van der Waals surface area contributed by atoms with Crippen LogP contribution in [0.2, 0.25) is 0 Å². The number of nitrogens with one attached hydrogen (secondary N) is 1. The van der Waals surface area contributed by atoms with E-state index < -0.39 is 0 Å². The zero-order valence-corrected chi connectivity index (χ0v) is 17.6. The van der Waals surface area contributed by atoms with Gasteiger partial charge in [0.2, 0.25) is 5.91 Å². The average molecular weight is 422 g/mol. The molecule has 0 spiro atoms. The van der Waals surface area contributed by atoms with Gasteiger partial charge in [-0.15, -0.1) is 11.3 Å². The molecule has 7 heteroatoms. The number of hydrogen-bond acceptors (Lipinski definition) is 6. The van der Waals surface area contributed by atoms with E-state index in [1.165, 1.54) is 23.1 Å². The van der Waals surface area contributed by atoms with Crippen LogP contribution >= 0.6 is 23.1 Å². The first-order valence-corrected chi connectivity index (χ1v) is 10.8. The van der Waals surface area contributed by atoms with E-state index >= 15 is 0 Å². The molecule has 0 radical (unpaired) electrons. The van der Waals surface area contributed by atoms with Crippen LogP contribution in [0.3, 0.4) is 0 Å². The maximum Gasteiger partial charge on any atom is 0.239 e. The van der Waals surface area contributed by atoms with Crippen molar-refractivity contribution >= 4 is 45.0 Å². The van der Waals surface area contributed by atoms with Crippen molar-refractivity contribution in [3.8, 4) is 17.0 Å². The lowest BCUT2D eigenvalue weighted by atomic mass is 10.2. The first-order chi connectivity index (χ1) is 14.1. The Kier molecular flexibility index (Phi) is 5.78. The molecule has 0 saturated heterocycles. The number of rotatable bonds is 6. The summed E-state index contributed by atoms with van der Waals surface area (Å²) < 4.78 is 5.18. The van der Waals surface area contributed by atoms with Crippen LogP contribution in [0.1, 0.15) is 6.92 Å². The minimum Gasteiger partial charge on any atom is -0.497 e. The normalized spacial score (nSPS) is 11.9. The van der Waals surface area contributed by atoms with Gasteiger partial charge in [0.15, 0.2) is 5.13 Å². The number of anilines is 1. The summed E-state index contributed by atoms with van der Waals surface area (Å²) >= 11 is 2.84. The molecule has 2 aromatic carbocycles. The van der Waals surface area contributed by atoms with E-state index in [4.69, 9.17) is 4.74 Å². The molecular weight excluding hydrogens is 402 g/mol. The number of carbonyl (C=O) groups is 1. The summed E-state index contributed by atoms with van der Waals surface area (Å²) in [5.41, 5.74) is 2.73. The first-order valence-electron chi connectivity index (χ1n) is 9.05. The first kappa shape index (κ1) is 19.4. The molecule has 1 unspecified atom stereocenters. The molecule has 0 fully saturated rings. The van der Waals surface area contributed by atoms with Crippen molar-refractivity contribution in [2.75, 3.05) is 12.4 Å². The van der Waals surface area contributed by atoms with Gasteiger partial charge in [0.1, 0.15) is 5.75 Å². The van der Waals surface area contributed by atoms with Gasteiger partial charge in [-0.05, 0) is 43.3 Å². The summed E-state index contributed by atoms with van der Waals surface area (Å²) in [5, 5.41) is 7.04. The van der Waals surface area contributed by atoms with Gasteiger partial charge in [0.05, 0.1) is 28.6 Å². The lowest BCUT2D eigenvalue weighted by molar-refractivity contribution is -0.115. The highest BCUT2D eigenvalue weighted by atomic mass is 32.2. The van der Waals surface area contributed by atoms with E-state index in [9.17, 15) is 4.79 Å². The Bertz CT molecular complexity index is 1140. The highest BCUT2D eigenvalue weighted by Gasteiger charge is 2.17. The van der Waals surface area contributed by atoms with Crippen molar-refractivity contribution in [3.63, 3.8) is 0 Å². The number of fused-ring (bicyclic) bond motifs is 1. The second kappa shape index (κ2) is 8.63. The van der Waals surface area contributed by atoms with Gasteiger partial charge in [-0.1, -0.05) is 36.0 Å². The highest BCUT2D eigenvalue weighted by molar-refractivity contribution is 8.00. The predicted molar refractivity (Wildman–Crippen MR) is 120 cm³/mol. The van der Waals surface area contributed by atoms with Gasteiger partial charge < -0.3 is 10.1 Å². The van der Waals surface area contributed by atoms with E-state index in [1.807, 2.05) is 73.0 Å². The molecule has 0 bridgehead atoms. The number of thioether (sulfide) groups is 1. The van der Waals surface area contributed by atoms with Crippen molar-refractivity contribution < 1.29 is 9.53 Å². The fourth-order valence-corrected chi connectivity index (χ4v) is 4.33. The molecule has 29 heavy (non-hydrogen) atoms. The quantitative estimate of drug-likeness (QED) is 0.417. The van der Waals surface area contributed by atoms with E-state index in [0.717, 1.165) is 32.9 Å². The number of thiazole rings is 1. The van der Waals surface area contributed by atoms with E-state index in [1.54, 1.807) is 7.11 Å². The molecule has 2 heterocycles. The van der Waals surface area contributed by atoms with Crippen molar-refractivity contribution in [1.82, 2.24) is 9.97 Å². The summed E-state index contributed by atoms with van der Waals surface area (Å²) in [6.45, 7) is 1.87. The number of methoxy groups -OCH3 is 1. The number of pyridine rings is 1. The monoisotopic (exact) mass is 421 g/mol. The topological polar surface area (TPSA) is 64.1 Å². The Labute approximate surface area is 177 Å². The summed E-state index contributed by atoms with van der Waals surface area (Å²) in [4.78, 5) is 21.7. The fourth-order valence-electron chi connectivity index (χ4n) is 2.78. The molecule has 4 rings (SSSR count). The maximum atomic E-state index is 12.6. The van der Waals surface area contributed by atoms with Crippen molar-refractivity contribution in [1.29, 1.82) is 0 Å². The molecule has 1 amide bonds. The van der Waals surface area contributed by atoms with Gasteiger partial charge in [-0.3, -0.25) is 4.79 Å². The van der Waals surface area contributed by atoms with Crippen LogP contribution in [0.4, 0.5) is 5.13 Å². The van der Waals surface area contributed by atoms with Crippen molar-refractivity contribution in [2.24, 2.45) is 0 Å². The Morgan fingerprint density at radius 1 is 1.07 bits per heavy atom. The Morgan fingerprint density at radius 3 is 2.66 bits per heavy atom. The van der Waals surface area contributed by atoms with Crippen molar-refractivity contribution in [3.05, 3.63) is 66.0 Å². The third kappa shape index (κ3) is 4.58. The smallest absolute Gasteiger partial charge is 0.239 e. The molecular formula is C22H19N3O2S2. The molecule has 2 aromatic heterocycles. The van der Waals surface area contributed by atoms with Gasteiger partial charge in [0, 0.05) is 16.3 Å². The molecule has 0 saturated carbocycles. The average Bonchev–Trinajstić information content (AvgIpc) is 3.22. The zero-order chi connectivity index (χ0) is 20.2. The minimum absolute atomic E-state index is 0.0967. The SMILES string of the molecule is COc1ccc(-c2csc(NC(=O)C(C)Sc3ccc4ccccc4n3)n2)cc1. The van der Waals surface area contributed by atoms with Gasteiger partial charge in [-0.25, -0.2) is 9.97 Å². The summed E-state index contributed by atoms with van der Waals surface area (Å²) in [6, 6.07) is 19.6. The van der Waals surface area contributed by atoms with Crippen LogP contribution in [0, 0.1) is 0 Å². The third-order valence-electron chi connectivity index (χ3n) is 4.36. The second-order valence-electron chi connectivity index (χ2n) is 6.36. The minimum atomic E-state index is -0.294. The Hall–Kier alpha value is -2.90. The van der Waals surface area contributed by atoms with Crippen LogP contribution in [-0.2, 0) is 4.79 Å². The standard InChI is InChI=1S/C22H19N3O2S2/c1-14(29-20-12-9-15-5-3-4-6-18(15)23-20)21(26)25-22-24-19(13-28-22)16-7-10-17(27-2)11-8-16/h3-14H,1-2H3,(H,24,25,26). The number of hydrogen-bond donors (Lipinski definition) is 1. The number of amides is 1. The van der Waals surface area contributed by atoms with Crippen LogP contribution in [0.15, 0.2) is 71.1 Å². The zero-order valence-electron chi connectivity index (χ0n) is 16.0. The largest absolute Gasteiger partial charge is 0.497 e. The number of aromatic nitrogens is 2. The molecule has 0 aliphatic heterocycles. The highest BCUT2D eigenvalue weighted by Crippen LogP contribution is 2.28. The molecule has 1 atom stereocenters. The third-order valence-corrected chi connectivity index (χ3v) is 6.15. The van der Waals surface area contributed by atoms with Gasteiger partial charge in [-0.2, -0.15) is 0 Å². The van der Waals surface area contributed by atoms with Crippen LogP contribution in [0.25, 0.3) is 22.2 Å². The van der Waals surface area contributed by atoms with Gasteiger partial charge in [0.25, 0.3) is 0 Å². The lowest BCUT2D eigenvalue weighted by Gasteiger charge is -2.10. The number of benzene rings is 2. The molecule has 0 aliphatic carbocycles. The summed E-state index contributed by atoms with van der Waals surface area (Å²) in [5.74, 6) is 0.700. The summed E-state index contributed by atoms with van der Waals surface area (Å²) in [7, 11) is 1.64. The summed E-state index contributed by atoms with van der Waals surface area (Å²) in [6.07, 6.45) is 0. The molecule has 1 N–H and O–H groups in total. The number of carbonyl (C=O) groups excluding carboxylic acids is 1. The maximum absolute atomic E-state index is 12.6. The number of nitrogens with zero attached hydrogens (tertiary/aromatic N) is 2. The van der Waals surface area contributed by atoms with Crippen molar-refractivity contribution in [2.45, 2.75) is 17.2 Å². The molecule has 5 nitrogen and oxygen atoms in total. The molecule has 4 aromatic rings. The van der Waals surface area contributed by atoms with Crippen LogP contribution in [-0.4, -0.2) is 28.2 Å². The van der Waals surface area contributed by atoms with E-state index in [2.05, 4.69) is 15.3 Å². The van der Waals surface area contributed by atoms with Crippen LogP contribution in [0.5, 0.6) is 5.75 Å². The van der Waals surface area contributed by atoms with E-state index in [-0.39, 0.29) is 11.2 Å². The Morgan fingerprint density at radius 2 is 1.86 bits per heavy atom. The molecule has 0 aliphatic rings. The second-order valence-corrected chi connectivity index (χ2v) is 8.58. The Balaban J connectivity index is 1.41. The number of para-hydroxylation sites is 1. The lowest BCUT2D eigenvalue weighted by Crippen LogP contribution is -2.22. The fraction of sp³-hybridized carbons (Fsp3) is 0.136. The van der Waals surface area contributed by atoms with Gasteiger partial charge >= 0.3 is 0 Å². The van der Waals surface area contributed by atoms with Crippen LogP contribution < -0.4 is 10.1 Å². The predicted octanol–water partition coefficient (Wildman–Crippen LogP) is 5.49. The van der Waals surface area contributed by atoms with E-state index in [0.29, 0.717) is 5.13 Å². The molecule has 146 valence electrons.